The summed E-state index contributed by atoms with van der Waals surface area (Å²) in [4.78, 5) is 2.27. The number of nitrogens with zero attached hydrogens (tertiary/aromatic N) is 1. The minimum absolute atomic E-state index is 0.0377. The van der Waals surface area contributed by atoms with Crippen LogP contribution in [-0.2, 0) is 13.8 Å². The van der Waals surface area contributed by atoms with Crippen LogP contribution in [0, 0.1) is 0 Å². The summed E-state index contributed by atoms with van der Waals surface area (Å²) < 4.78 is 23.3. The van der Waals surface area contributed by atoms with Gasteiger partial charge in [0.05, 0.1) is 12.7 Å². The molecular weight excluding hydrogens is 274 g/mol. The number of hydrogen-bond acceptors (Lipinski definition) is 4. The number of rotatable bonds is 6. The maximum absolute atomic E-state index is 12.1. The molecule has 1 heterocycles. The fraction of sp³-hybridized carbons (Fsp3) is 1.00. The van der Waals surface area contributed by atoms with Crippen molar-refractivity contribution in [3.05, 3.63) is 0 Å². The van der Waals surface area contributed by atoms with Crippen molar-refractivity contribution in [2.24, 2.45) is 0 Å². The number of nitrogens with one attached hydrogen (secondary N) is 1. The van der Waals surface area contributed by atoms with Crippen LogP contribution >= 0.6 is 7.52 Å². The van der Waals surface area contributed by atoms with E-state index in [1.165, 1.54) is 0 Å². The van der Waals surface area contributed by atoms with Crippen LogP contribution in [0.2, 0.25) is 0 Å². The first-order valence-corrected chi connectivity index (χ1v) is 9.34. The van der Waals surface area contributed by atoms with Gasteiger partial charge < -0.3 is 9.26 Å². The molecule has 3 unspecified atom stereocenters. The molecule has 7 heteroatoms. The third-order valence-electron chi connectivity index (χ3n) is 3.30. The molecule has 1 rings (SSSR count). The van der Waals surface area contributed by atoms with Gasteiger partial charge in [0.1, 0.15) is 7.85 Å². The molecule has 20 heavy (non-hydrogen) atoms. The first kappa shape index (κ1) is 18.2. The van der Waals surface area contributed by atoms with Gasteiger partial charge in [-0.15, -0.1) is 0 Å². The van der Waals surface area contributed by atoms with E-state index >= 15 is 0 Å². The highest BCUT2D eigenvalue weighted by Crippen LogP contribution is 2.37. The van der Waals surface area contributed by atoms with Crippen LogP contribution in [0.5, 0.6) is 0 Å². The fourth-order valence-electron chi connectivity index (χ4n) is 2.10. The molecule has 0 aromatic heterocycles. The second-order valence-corrected chi connectivity index (χ2v) is 8.69. The van der Waals surface area contributed by atoms with Crippen molar-refractivity contribution < 1.29 is 13.8 Å². The van der Waals surface area contributed by atoms with E-state index in [4.69, 9.17) is 17.1 Å². The normalized spacial score (nSPS) is 28.2. The summed E-state index contributed by atoms with van der Waals surface area (Å²) in [6.45, 7) is 12.5. The van der Waals surface area contributed by atoms with Crippen molar-refractivity contribution in [2.45, 2.75) is 51.8 Å². The van der Waals surface area contributed by atoms with E-state index in [1.807, 2.05) is 6.92 Å². The predicted molar refractivity (Wildman–Crippen MR) is 83.5 cm³/mol. The lowest BCUT2D eigenvalue weighted by molar-refractivity contribution is -0.0897. The Kier molecular flexibility index (Phi) is 6.74. The Balaban J connectivity index is 2.49. The molecule has 0 aliphatic carbocycles. The van der Waals surface area contributed by atoms with Gasteiger partial charge in [-0.1, -0.05) is 6.92 Å². The third kappa shape index (κ3) is 6.27. The summed E-state index contributed by atoms with van der Waals surface area (Å²) in [7, 11) is 3.18. The smallest absolute Gasteiger partial charge is 0.266 e. The lowest BCUT2D eigenvalue weighted by Crippen LogP contribution is -2.55. The molecule has 0 bridgehead atoms. The molecule has 0 amide bonds. The molecule has 3 atom stereocenters. The molecular formula is C13H28BN2O3P. The van der Waals surface area contributed by atoms with E-state index in [2.05, 4.69) is 30.8 Å². The van der Waals surface area contributed by atoms with E-state index in [0.29, 0.717) is 19.7 Å². The molecule has 2 radical (unpaired) electrons. The molecule has 1 fully saturated rings. The molecule has 0 aromatic rings. The molecule has 0 saturated carbocycles. The van der Waals surface area contributed by atoms with Gasteiger partial charge >= 0.3 is 0 Å². The molecule has 1 aliphatic rings. The average molecular weight is 302 g/mol. The van der Waals surface area contributed by atoms with E-state index in [0.717, 1.165) is 13.0 Å². The molecule has 5 nitrogen and oxygen atoms in total. The topological polar surface area (TPSA) is 50.8 Å². The van der Waals surface area contributed by atoms with Gasteiger partial charge in [-0.05, 0) is 27.2 Å². The van der Waals surface area contributed by atoms with Gasteiger partial charge in [-0.2, -0.15) is 0 Å². The second kappa shape index (κ2) is 7.41. The Morgan fingerprint density at radius 2 is 2.10 bits per heavy atom. The van der Waals surface area contributed by atoms with Gasteiger partial charge in [-0.3, -0.25) is 9.46 Å². The number of morpholine rings is 1. The Bertz CT molecular complexity index is 349. The highest BCUT2D eigenvalue weighted by atomic mass is 31.2. The fourth-order valence-corrected chi connectivity index (χ4v) is 3.27. The van der Waals surface area contributed by atoms with Crippen LogP contribution in [0.25, 0.3) is 0 Å². The minimum Gasteiger partial charge on any atom is -0.380 e. The Labute approximate surface area is 124 Å². The molecule has 1 aliphatic heterocycles. The van der Waals surface area contributed by atoms with Crippen molar-refractivity contribution in [3.8, 4) is 0 Å². The molecule has 1 N–H and O–H groups in total. The predicted octanol–water partition coefficient (Wildman–Crippen LogP) is 1.82. The zero-order valence-corrected chi connectivity index (χ0v) is 14.3. The highest BCUT2D eigenvalue weighted by molar-refractivity contribution is 7.56. The van der Waals surface area contributed by atoms with Gasteiger partial charge in [0.15, 0.2) is 0 Å². The quantitative estimate of drug-likeness (QED) is 0.599. The van der Waals surface area contributed by atoms with Crippen molar-refractivity contribution in [1.82, 2.24) is 9.99 Å². The summed E-state index contributed by atoms with van der Waals surface area (Å²) >= 11 is 0. The van der Waals surface area contributed by atoms with Crippen LogP contribution in [0.1, 0.15) is 34.1 Å². The monoisotopic (exact) mass is 302 g/mol. The number of ether oxygens (including phenoxy) is 1. The van der Waals surface area contributed by atoms with Gasteiger partial charge in [0, 0.05) is 37.8 Å². The summed E-state index contributed by atoms with van der Waals surface area (Å²) in [6, 6.07) is -0.323. The van der Waals surface area contributed by atoms with Crippen molar-refractivity contribution in [1.29, 1.82) is 0 Å². The Morgan fingerprint density at radius 3 is 2.65 bits per heavy atom. The van der Waals surface area contributed by atoms with Gasteiger partial charge in [-0.25, -0.2) is 5.09 Å². The van der Waals surface area contributed by atoms with E-state index in [9.17, 15) is 4.57 Å². The SMILES string of the molecule is [B]C1CN(C(C)(C)C)CC(COP(C)(=O)NCCC)O1. The zero-order valence-electron chi connectivity index (χ0n) is 13.4. The lowest BCUT2D eigenvalue weighted by Gasteiger charge is -2.44. The van der Waals surface area contributed by atoms with Crippen molar-refractivity contribution >= 4 is 15.4 Å². The standard InChI is InChI=1S/C13H28BN2O3P/c1-6-7-15-20(5,17)18-10-11-8-16(13(2,3)4)9-12(14)19-11/h11-12H,6-10H2,1-5H3,(H,15,17). The van der Waals surface area contributed by atoms with E-state index in [-0.39, 0.29) is 17.6 Å². The van der Waals surface area contributed by atoms with E-state index < -0.39 is 7.52 Å². The first-order valence-electron chi connectivity index (χ1n) is 7.27. The Morgan fingerprint density at radius 1 is 1.45 bits per heavy atom. The summed E-state index contributed by atoms with van der Waals surface area (Å²) in [5, 5.41) is 2.93. The van der Waals surface area contributed by atoms with Crippen LogP contribution in [0.3, 0.4) is 0 Å². The highest BCUT2D eigenvalue weighted by Gasteiger charge is 2.32. The van der Waals surface area contributed by atoms with Crippen LogP contribution < -0.4 is 5.09 Å². The summed E-state index contributed by atoms with van der Waals surface area (Å²) in [5.41, 5.74) is 0.0377. The molecule has 0 aromatic carbocycles. The maximum Gasteiger partial charge on any atom is 0.266 e. The number of hydrogen-bond donors (Lipinski definition) is 1. The average Bonchev–Trinajstić information content (AvgIpc) is 2.32. The largest absolute Gasteiger partial charge is 0.380 e. The molecule has 0 spiro atoms. The third-order valence-corrected chi connectivity index (χ3v) is 4.74. The maximum atomic E-state index is 12.1. The van der Waals surface area contributed by atoms with E-state index in [1.54, 1.807) is 6.66 Å². The lowest BCUT2D eigenvalue weighted by atomic mass is 9.94. The minimum atomic E-state index is -2.75. The molecule has 116 valence electrons. The van der Waals surface area contributed by atoms with Crippen LogP contribution in [0.4, 0.5) is 0 Å². The van der Waals surface area contributed by atoms with Crippen LogP contribution in [-0.4, -0.2) is 63.3 Å². The first-order chi connectivity index (χ1) is 9.14. The second-order valence-electron chi connectivity index (χ2n) is 6.42. The summed E-state index contributed by atoms with van der Waals surface area (Å²) in [6.07, 6.45) is 0.777. The van der Waals surface area contributed by atoms with Gasteiger partial charge in [0.2, 0.25) is 0 Å². The Hall–Kier alpha value is 0.135. The van der Waals surface area contributed by atoms with Crippen molar-refractivity contribution in [2.75, 3.05) is 32.9 Å². The van der Waals surface area contributed by atoms with Crippen LogP contribution in [0.15, 0.2) is 0 Å². The van der Waals surface area contributed by atoms with Gasteiger partial charge in [0.25, 0.3) is 7.52 Å². The van der Waals surface area contributed by atoms with Crippen molar-refractivity contribution in [3.63, 3.8) is 0 Å². The zero-order chi connectivity index (χ0) is 15.4. The summed E-state index contributed by atoms with van der Waals surface area (Å²) in [5.74, 6) is 0. The molecule has 1 saturated heterocycles.